The van der Waals surface area contributed by atoms with E-state index >= 15 is 0 Å². The van der Waals surface area contributed by atoms with Crippen LogP contribution in [-0.2, 0) is 9.78 Å². The topological polar surface area (TPSA) is 58.9 Å². The maximum absolute atomic E-state index is 8.44. The van der Waals surface area contributed by atoms with E-state index in [1.807, 2.05) is 0 Å². The summed E-state index contributed by atoms with van der Waals surface area (Å²) in [6.45, 7) is 1.71. The molecule has 0 amide bonds. The predicted molar refractivity (Wildman–Crippen MR) is 33.5 cm³/mol. The first-order valence-corrected chi connectivity index (χ1v) is 3.36. The fraction of sp³-hybridized carbons (Fsp3) is 1.00. The summed E-state index contributed by atoms with van der Waals surface area (Å²) >= 11 is 0. The lowest BCUT2D eigenvalue weighted by Crippen LogP contribution is -2.37. The third kappa shape index (κ3) is 1.15. The lowest BCUT2D eigenvalue weighted by Gasteiger charge is -2.24. The van der Waals surface area contributed by atoms with Crippen molar-refractivity contribution in [2.45, 2.75) is 37.9 Å². The highest BCUT2D eigenvalue weighted by Crippen LogP contribution is 2.33. The Morgan fingerprint density at radius 3 is 2.60 bits per heavy atom. The lowest BCUT2D eigenvalue weighted by molar-refractivity contribution is -0.380. The number of hydrogen-bond acceptors (Lipinski definition) is 4. The molecule has 0 aromatic rings. The molecular weight excluding hydrogens is 136 g/mol. The molecule has 2 N–H and O–H groups in total. The summed E-state index contributed by atoms with van der Waals surface area (Å²) in [5.41, 5.74) is -0.714. The predicted octanol–water partition coefficient (Wildman–Crippen LogP) is 1.28. The van der Waals surface area contributed by atoms with E-state index in [0.717, 1.165) is 12.8 Å². The zero-order valence-electron chi connectivity index (χ0n) is 5.91. The molecule has 2 unspecified atom stereocenters. The molecule has 0 aromatic heterocycles. The van der Waals surface area contributed by atoms with Crippen LogP contribution in [0.3, 0.4) is 0 Å². The Morgan fingerprint density at radius 1 is 1.50 bits per heavy atom. The van der Waals surface area contributed by atoms with Gasteiger partial charge in [-0.3, -0.25) is 10.5 Å². The average molecular weight is 148 g/mol. The zero-order chi connectivity index (χ0) is 7.61. The largest absolute Gasteiger partial charge is 0.251 e. The molecule has 0 spiro atoms. The summed E-state index contributed by atoms with van der Waals surface area (Å²) in [7, 11) is 0. The highest BCUT2D eigenvalue weighted by molar-refractivity contribution is 4.89. The maximum atomic E-state index is 8.44. The van der Waals surface area contributed by atoms with Crippen LogP contribution in [0.1, 0.15) is 26.2 Å². The van der Waals surface area contributed by atoms with Crippen molar-refractivity contribution in [3.8, 4) is 0 Å². The van der Waals surface area contributed by atoms with Crippen LogP contribution >= 0.6 is 0 Å². The third-order valence-corrected chi connectivity index (χ3v) is 2.16. The van der Waals surface area contributed by atoms with Crippen molar-refractivity contribution in [3.63, 3.8) is 0 Å². The van der Waals surface area contributed by atoms with Gasteiger partial charge >= 0.3 is 0 Å². The first-order valence-electron chi connectivity index (χ1n) is 3.36. The van der Waals surface area contributed by atoms with Crippen molar-refractivity contribution in [3.05, 3.63) is 0 Å². The van der Waals surface area contributed by atoms with Crippen LogP contribution in [0.2, 0.25) is 0 Å². The van der Waals surface area contributed by atoms with Gasteiger partial charge in [-0.1, -0.05) is 0 Å². The SMILES string of the molecule is CC1(OO)CCCC1OO. The second-order valence-electron chi connectivity index (χ2n) is 2.89. The van der Waals surface area contributed by atoms with Crippen molar-refractivity contribution in [1.29, 1.82) is 0 Å². The Kier molecular flexibility index (Phi) is 2.25. The molecule has 0 heterocycles. The van der Waals surface area contributed by atoms with Crippen LogP contribution < -0.4 is 0 Å². The molecule has 0 radical (unpaired) electrons. The average Bonchev–Trinajstić information content (AvgIpc) is 2.32. The van der Waals surface area contributed by atoms with E-state index in [0.29, 0.717) is 6.42 Å². The minimum atomic E-state index is -0.714. The van der Waals surface area contributed by atoms with Crippen molar-refractivity contribution in [2.75, 3.05) is 0 Å². The minimum absolute atomic E-state index is 0.391. The van der Waals surface area contributed by atoms with Gasteiger partial charge in [-0.15, -0.1) is 0 Å². The highest BCUT2D eigenvalue weighted by atomic mass is 17.1. The third-order valence-electron chi connectivity index (χ3n) is 2.16. The fourth-order valence-electron chi connectivity index (χ4n) is 1.37. The fourth-order valence-corrected chi connectivity index (χ4v) is 1.37. The van der Waals surface area contributed by atoms with Crippen molar-refractivity contribution in [1.82, 2.24) is 0 Å². The van der Waals surface area contributed by atoms with E-state index in [9.17, 15) is 0 Å². The summed E-state index contributed by atoms with van der Waals surface area (Å²) in [6, 6.07) is 0. The summed E-state index contributed by atoms with van der Waals surface area (Å²) in [5, 5.41) is 16.8. The van der Waals surface area contributed by atoms with Crippen LogP contribution in [0.15, 0.2) is 0 Å². The molecule has 0 saturated heterocycles. The number of hydrogen-bond donors (Lipinski definition) is 2. The molecule has 1 aliphatic rings. The maximum Gasteiger partial charge on any atom is 0.130 e. The van der Waals surface area contributed by atoms with Gasteiger partial charge in [0.25, 0.3) is 0 Å². The van der Waals surface area contributed by atoms with Crippen LogP contribution in [0.5, 0.6) is 0 Å². The Labute approximate surface area is 59.2 Å². The Morgan fingerprint density at radius 2 is 2.20 bits per heavy atom. The van der Waals surface area contributed by atoms with E-state index in [1.165, 1.54) is 0 Å². The molecule has 4 heteroatoms. The Hall–Kier alpha value is -0.160. The van der Waals surface area contributed by atoms with Crippen LogP contribution in [0.25, 0.3) is 0 Å². The van der Waals surface area contributed by atoms with Gasteiger partial charge < -0.3 is 0 Å². The van der Waals surface area contributed by atoms with Gasteiger partial charge in [0, 0.05) is 0 Å². The molecule has 1 rings (SSSR count). The van der Waals surface area contributed by atoms with Gasteiger partial charge in [0.1, 0.15) is 11.7 Å². The highest BCUT2D eigenvalue weighted by Gasteiger charge is 2.42. The van der Waals surface area contributed by atoms with Gasteiger partial charge in [0.15, 0.2) is 0 Å². The van der Waals surface area contributed by atoms with E-state index in [1.54, 1.807) is 6.92 Å². The molecule has 60 valence electrons. The van der Waals surface area contributed by atoms with E-state index in [4.69, 9.17) is 10.5 Å². The van der Waals surface area contributed by atoms with Crippen LogP contribution in [0, 0.1) is 0 Å². The zero-order valence-corrected chi connectivity index (χ0v) is 5.91. The first-order chi connectivity index (χ1) is 4.73. The van der Waals surface area contributed by atoms with Gasteiger partial charge in [-0.05, 0) is 26.2 Å². The molecular formula is C6H12O4. The first kappa shape index (κ1) is 7.94. The van der Waals surface area contributed by atoms with E-state index < -0.39 is 11.7 Å². The van der Waals surface area contributed by atoms with E-state index in [2.05, 4.69) is 9.78 Å². The molecule has 1 saturated carbocycles. The van der Waals surface area contributed by atoms with Crippen molar-refractivity contribution in [2.24, 2.45) is 0 Å². The summed E-state index contributed by atoms with van der Waals surface area (Å²) in [5.74, 6) is 0. The Balaban J connectivity index is 2.56. The normalized spacial score (nSPS) is 40.5. The number of rotatable bonds is 2. The van der Waals surface area contributed by atoms with Gasteiger partial charge in [-0.25, -0.2) is 9.78 Å². The quantitative estimate of drug-likeness (QED) is 0.457. The summed E-state index contributed by atoms with van der Waals surface area (Å²) in [4.78, 5) is 8.35. The molecule has 0 bridgehead atoms. The molecule has 1 fully saturated rings. The monoisotopic (exact) mass is 148 g/mol. The Bertz CT molecular complexity index is 116. The molecule has 4 nitrogen and oxygen atoms in total. The smallest absolute Gasteiger partial charge is 0.130 e. The van der Waals surface area contributed by atoms with E-state index in [-0.39, 0.29) is 0 Å². The van der Waals surface area contributed by atoms with Gasteiger partial charge in [0.05, 0.1) is 0 Å². The van der Waals surface area contributed by atoms with Crippen molar-refractivity contribution >= 4 is 0 Å². The second-order valence-corrected chi connectivity index (χ2v) is 2.89. The van der Waals surface area contributed by atoms with Gasteiger partial charge in [-0.2, -0.15) is 0 Å². The van der Waals surface area contributed by atoms with Crippen molar-refractivity contribution < 1.29 is 20.3 Å². The standard InChI is InChI=1S/C6H12O4/c1-6(10-8)4-2-3-5(6)9-7/h5,7-8H,2-4H2,1H3. The molecule has 10 heavy (non-hydrogen) atoms. The minimum Gasteiger partial charge on any atom is -0.251 e. The second kappa shape index (κ2) is 2.84. The van der Waals surface area contributed by atoms with Crippen LogP contribution in [0.4, 0.5) is 0 Å². The molecule has 1 aliphatic carbocycles. The lowest BCUT2D eigenvalue weighted by atomic mass is 10.0. The molecule has 0 aromatic carbocycles. The summed E-state index contributed by atoms with van der Waals surface area (Å²) < 4.78 is 0. The van der Waals surface area contributed by atoms with Gasteiger partial charge in [0.2, 0.25) is 0 Å². The molecule has 0 aliphatic heterocycles. The summed E-state index contributed by atoms with van der Waals surface area (Å²) in [6.07, 6.45) is 1.96. The molecule has 2 atom stereocenters. The van der Waals surface area contributed by atoms with Crippen LogP contribution in [-0.4, -0.2) is 22.2 Å².